The average molecular weight is 345 g/mol. The first kappa shape index (κ1) is 16.4. The second kappa shape index (κ2) is 7.92. The van der Waals surface area contributed by atoms with Gasteiger partial charge in [0.15, 0.2) is 0 Å². The first-order valence-electron chi connectivity index (χ1n) is 7.89. The number of nitrogens with zero attached hydrogens (tertiary/aromatic N) is 2. The van der Waals surface area contributed by atoms with Gasteiger partial charge < -0.3 is 14.3 Å². The van der Waals surface area contributed by atoms with Crippen molar-refractivity contribution in [2.75, 3.05) is 0 Å². The number of carbonyl (C=O) groups excluding carboxylic acids is 1. The van der Waals surface area contributed by atoms with E-state index in [0.717, 1.165) is 23.5 Å². The minimum absolute atomic E-state index is 0.0159. The van der Waals surface area contributed by atoms with Gasteiger partial charge in [-0.25, -0.2) is 0 Å². The van der Waals surface area contributed by atoms with E-state index in [4.69, 9.17) is 8.94 Å². The summed E-state index contributed by atoms with van der Waals surface area (Å²) in [5.74, 6) is 1.98. The monoisotopic (exact) mass is 345 g/mol. The molecule has 1 unspecified atom stereocenters. The molecule has 1 N–H and O–H groups in total. The number of rotatable bonds is 8. The molecule has 0 aliphatic carbocycles. The lowest BCUT2D eigenvalue weighted by Gasteiger charge is -2.12. The van der Waals surface area contributed by atoms with Crippen LogP contribution < -0.4 is 5.32 Å². The number of thiophene rings is 1. The Morgan fingerprint density at radius 2 is 2.25 bits per heavy atom. The van der Waals surface area contributed by atoms with Crippen molar-refractivity contribution in [1.29, 1.82) is 0 Å². The molecule has 1 atom stereocenters. The number of furan rings is 1. The highest BCUT2D eigenvalue weighted by Crippen LogP contribution is 2.21. The summed E-state index contributed by atoms with van der Waals surface area (Å²) in [6.45, 7) is 1.99. The zero-order valence-electron chi connectivity index (χ0n) is 13.4. The highest BCUT2D eigenvalue weighted by Gasteiger charge is 2.13. The number of amides is 1. The quantitative estimate of drug-likeness (QED) is 0.676. The normalized spacial score (nSPS) is 12.2. The Balaban J connectivity index is 1.40. The summed E-state index contributed by atoms with van der Waals surface area (Å²) >= 11 is 1.55. The molecule has 7 heteroatoms. The van der Waals surface area contributed by atoms with Crippen LogP contribution in [0.5, 0.6) is 0 Å². The third-order valence-electron chi connectivity index (χ3n) is 3.59. The Labute approximate surface area is 143 Å². The van der Waals surface area contributed by atoms with Crippen molar-refractivity contribution in [2.45, 2.75) is 38.6 Å². The van der Waals surface area contributed by atoms with Crippen LogP contribution in [0, 0.1) is 0 Å². The van der Waals surface area contributed by atoms with Gasteiger partial charge in [0.2, 0.25) is 17.6 Å². The summed E-state index contributed by atoms with van der Waals surface area (Å²) in [7, 11) is 0. The van der Waals surface area contributed by atoms with Crippen molar-refractivity contribution in [3.8, 4) is 10.7 Å². The minimum atomic E-state index is -0.0159. The van der Waals surface area contributed by atoms with Crippen LogP contribution >= 0.6 is 11.3 Å². The van der Waals surface area contributed by atoms with Crippen LogP contribution in [0.4, 0.5) is 0 Å². The predicted octanol–water partition coefficient (Wildman–Crippen LogP) is 3.46. The van der Waals surface area contributed by atoms with Gasteiger partial charge in [0, 0.05) is 25.3 Å². The van der Waals surface area contributed by atoms with E-state index in [9.17, 15) is 4.79 Å². The fraction of sp³-hybridized carbons (Fsp3) is 0.353. The number of carbonyl (C=O) groups is 1. The molecule has 3 aromatic heterocycles. The van der Waals surface area contributed by atoms with E-state index >= 15 is 0 Å². The lowest BCUT2D eigenvalue weighted by Crippen LogP contribution is -2.33. The molecule has 0 fully saturated rings. The molecule has 0 aromatic carbocycles. The van der Waals surface area contributed by atoms with E-state index in [1.165, 1.54) is 0 Å². The van der Waals surface area contributed by atoms with E-state index in [2.05, 4.69) is 15.5 Å². The lowest BCUT2D eigenvalue weighted by atomic mass is 10.1. The molecule has 0 spiro atoms. The molecule has 0 saturated heterocycles. The van der Waals surface area contributed by atoms with Crippen molar-refractivity contribution < 1.29 is 13.7 Å². The second-order valence-electron chi connectivity index (χ2n) is 5.58. The molecule has 24 heavy (non-hydrogen) atoms. The summed E-state index contributed by atoms with van der Waals surface area (Å²) in [6, 6.07) is 7.77. The maximum atomic E-state index is 12.0. The minimum Gasteiger partial charge on any atom is -0.469 e. The van der Waals surface area contributed by atoms with E-state index in [1.807, 2.05) is 36.6 Å². The number of nitrogens with one attached hydrogen (secondary N) is 1. The topological polar surface area (TPSA) is 81.2 Å². The Kier molecular flexibility index (Phi) is 5.43. The zero-order valence-corrected chi connectivity index (χ0v) is 14.2. The number of aryl methyl sites for hydroxylation is 2. The summed E-state index contributed by atoms with van der Waals surface area (Å²) in [4.78, 5) is 17.3. The second-order valence-corrected chi connectivity index (χ2v) is 6.52. The SMILES string of the molecule is CC(CCc1ccco1)NC(=O)CCc1nc(-c2cccs2)no1. The number of hydrogen-bond donors (Lipinski definition) is 1. The summed E-state index contributed by atoms with van der Waals surface area (Å²) in [6.07, 6.45) is 4.07. The van der Waals surface area contributed by atoms with Gasteiger partial charge in [-0.2, -0.15) is 4.98 Å². The van der Waals surface area contributed by atoms with Crippen LogP contribution in [-0.2, 0) is 17.6 Å². The van der Waals surface area contributed by atoms with Gasteiger partial charge in [0.05, 0.1) is 11.1 Å². The van der Waals surface area contributed by atoms with Crippen LogP contribution in [0.15, 0.2) is 44.8 Å². The highest BCUT2D eigenvalue weighted by atomic mass is 32.1. The van der Waals surface area contributed by atoms with Crippen LogP contribution in [0.25, 0.3) is 10.7 Å². The first-order valence-corrected chi connectivity index (χ1v) is 8.77. The van der Waals surface area contributed by atoms with Crippen LogP contribution in [0.2, 0.25) is 0 Å². The van der Waals surface area contributed by atoms with E-state index in [1.54, 1.807) is 17.6 Å². The van der Waals surface area contributed by atoms with Gasteiger partial charge in [-0.05, 0) is 36.9 Å². The molecular weight excluding hydrogens is 326 g/mol. The van der Waals surface area contributed by atoms with E-state index in [0.29, 0.717) is 24.6 Å². The van der Waals surface area contributed by atoms with Crippen LogP contribution in [-0.4, -0.2) is 22.1 Å². The number of hydrogen-bond acceptors (Lipinski definition) is 6. The molecule has 0 bridgehead atoms. The maximum Gasteiger partial charge on any atom is 0.227 e. The van der Waals surface area contributed by atoms with Crippen molar-refractivity contribution in [3.05, 3.63) is 47.6 Å². The van der Waals surface area contributed by atoms with Gasteiger partial charge >= 0.3 is 0 Å². The Morgan fingerprint density at radius 3 is 3.00 bits per heavy atom. The third kappa shape index (κ3) is 4.55. The number of aromatic nitrogens is 2. The molecule has 3 heterocycles. The van der Waals surface area contributed by atoms with E-state index in [-0.39, 0.29) is 11.9 Å². The Bertz CT molecular complexity index is 750. The highest BCUT2D eigenvalue weighted by molar-refractivity contribution is 7.13. The van der Waals surface area contributed by atoms with Crippen molar-refractivity contribution >= 4 is 17.2 Å². The zero-order chi connectivity index (χ0) is 16.8. The fourth-order valence-corrected chi connectivity index (χ4v) is 2.96. The van der Waals surface area contributed by atoms with Crippen molar-refractivity contribution in [3.63, 3.8) is 0 Å². The van der Waals surface area contributed by atoms with Crippen molar-refractivity contribution in [1.82, 2.24) is 15.5 Å². The van der Waals surface area contributed by atoms with Gasteiger partial charge in [-0.15, -0.1) is 11.3 Å². The molecule has 3 rings (SSSR count). The van der Waals surface area contributed by atoms with Gasteiger partial charge in [-0.3, -0.25) is 4.79 Å². The molecule has 1 amide bonds. The van der Waals surface area contributed by atoms with Crippen LogP contribution in [0.1, 0.15) is 31.4 Å². The lowest BCUT2D eigenvalue weighted by molar-refractivity contribution is -0.121. The maximum absolute atomic E-state index is 12.0. The van der Waals surface area contributed by atoms with Crippen LogP contribution in [0.3, 0.4) is 0 Å². The molecule has 0 saturated carbocycles. The van der Waals surface area contributed by atoms with E-state index < -0.39 is 0 Å². The predicted molar refractivity (Wildman–Crippen MR) is 90.6 cm³/mol. The third-order valence-corrected chi connectivity index (χ3v) is 4.45. The molecule has 0 aliphatic heterocycles. The Hall–Kier alpha value is -2.41. The van der Waals surface area contributed by atoms with Gasteiger partial charge in [0.1, 0.15) is 5.76 Å². The average Bonchev–Trinajstić information content (AvgIpc) is 3.33. The summed E-state index contributed by atoms with van der Waals surface area (Å²) in [5.41, 5.74) is 0. The standard InChI is InChI=1S/C17H19N3O3S/c1-12(6-7-13-4-2-10-22-13)18-15(21)8-9-16-19-17(20-23-16)14-5-3-11-24-14/h2-5,10-12H,6-9H2,1H3,(H,18,21). The molecule has 126 valence electrons. The first-order chi connectivity index (χ1) is 11.7. The summed E-state index contributed by atoms with van der Waals surface area (Å²) < 4.78 is 10.5. The Morgan fingerprint density at radius 1 is 1.33 bits per heavy atom. The molecule has 3 aromatic rings. The van der Waals surface area contributed by atoms with Gasteiger partial charge in [0.25, 0.3) is 0 Å². The molecule has 0 radical (unpaired) electrons. The summed E-state index contributed by atoms with van der Waals surface area (Å²) in [5, 5.41) is 8.88. The largest absolute Gasteiger partial charge is 0.469 e. The van der Waals surface area contributed by atoms with Gasteiger partial charge in [-0.1, -0.05) is 11.2 Å². The smallest absolute Gasteiger partial charge is 0.227 e. The molecular formula is C17H19N3O3S. The fourth-order valence-electron chi connectivity index (χ4n) is 2.32. The molecule has 6 nitrogen and oxygen atoms in total. The van der Waals surface area contributed by atoms with Crippen molar-refractivity contribution in [2.24, 2.45) is 0 Å². The molecule has 0 aliphatic rings.